The molecular formula is C29H50N2O2. The van der Waals surface area contributed by atoms with Crippen molar-refractivity contribution in [1.29, 1.82) is 10.5 Å². The molecule has 0 saturated heterocycles. The van der Waals surface area contributed by atoms with Crippen LogP contribution >= 0.6 is 0 Å². The molecule has 0 atom stereocenters. The molecule has 0 aliphatic carbocycles. The van der Waals surface area contributed by atoms with Crippen molar-refractivity contribution in [3.05, 3.63) is 38.0 Å². The smallest absolute Gasteiger partial charge is 0.330 e. The Morgan fingerprint density at radius 2 is 1.09 bits per heavy atom. The van der Waals surface area contributed by atoms with Crippen LogP contribution in [0, 0.1) is 22.7 Å². The molecule has 0 aromatic rings. The summed E-state index contributed by atoms with van der Waals surface area (Å²) < 4.78 is 4.67. The van der Waals surface area contributed by atoms with Crippen LogP contribution in [0.25, 0.3) is 0 Å². The van der Waals surface area contributed by atoms with Crippen LogP contribution in [0.5, 0.6) is 0 Å². The van der Waals surface area contributed by atoms with Crippen molar-refractivity contribution in [2.75, 3.05) is 6.61 Å². The Bertz CT molecular complexity index is 481. The van der Waals surface area contributed by atoms with Crippen molar-refractivity contribution in [2.24, 2.45) is 0 Å². The Morgan fingerprint density at radius 1 is 0.697 bits per heavy atom. The second kappa shape index (κ2) is 37.0. The molecule has 0 aliphatic heterocycles. The number of ether oxygens (including phenoxy) is 1. The number of hydrogen-bond donors (Lipinski definition) is 0. The van der Waals surface area contributed by atoms with E-state index >= 15 is 0 Å². The summed E-state index contributed by atoms with van der Waals surface area (Å²) in [7, 11) is 0. The molecule has 0 spiro atoms. The number of carbonyl (C=O) groups excluding carboxylic acids is 1. The van der Waals surface area contributed by atoms with Gasteiger partial charge in [0.1, 0.15) is 0 Å². The molecule has 0 saturated carbocycles. The molecule has 4 heteroatoms. The van der Waals surface area contributed by atoms with Gasteiger partial charge in [0.05, 0.1) is 18.7 Å². The standard InChI is InChI=1S/2C11H19N.C7H12O2/c2*1-2-3-4-5-6-7-8-9-10-11-12;1-3-5-6-9-7(8)4-2/h2*2H,1,3-10H2;4H,2-3,5-6H2,1H3. The zero-order valence-corrected chi connectivity index (χ0v) is 21.5. The molecule has 0 N–H and O–H groups in total. The average molecular weight is 459 g/mol. The lowest BCUT2D eigenvalue weighted by atomic mass is 10.1. The predicted octanol–water partition coefficient (Wildman–Crippen LogP) is 9.15. The lowest BCUT2D eigenvalue weighted by Gasteiger charge is -1.97. The van der Waals surface area contributed by atoms with E-state index in [4.69, 9.17) is 10.5 Å². The van der Waals surface area contributed by atoms with E-state index in [1.165, 1.54) is 70.3 Å². The molecule has 4 nitrogen and oxygen atoms in total. The highest BCUT2D eigenvalue weighted by Crippen LogP contribution is 2.09. The van der Waals surface area contributed by atoms with Crippen molar-refractivity contribution in [2.45, 2.75) is 122 Å². The second-order valence-electron chi connectivity index (χ2n) is 7.94. The van der Waals surface area contributed by atoms with E-state index in [2.05, 4.69) is 36.6 Å². The van der Waals surface area contributed by atoms with E-state index in [9.17, 15) is 4.79 Å². The molecule has 0 rings (SSSR count). The molecule has 0 amide bonds. The monoisotopic (exact) mass is 458 g/mol. The Balaban J connectivity index is -0.000000414. The van der Waals surface area contributed by atoms with E-state index in [0.29, 0.717) is 6.61 Å². The molecule has 0 aromatic heterocycles. The highest BCUT2D eigenvalue weighted by Gasteiger charge is 1.92. The number of nitriles is 2. The average Bonchev–Trinajstić information content (AvgIpc) is 2.83. The largest absolute Gasteiger partial charge is 0.463 e. The summed E-state index contributed by atoms with van der Waals surface area (Å²) in [5, 5.41) is 16.6. The van der Waals surface area contributed by atoms with Gasteiger partial charge in [-0.15, -0.1) is 13.2 Å². The van der Waals surface area contributed by atoms with Crippen LogP contribution in [-0.2, 0) is 9.53 Å². The normalized spacial score (nSPS) is 9.06. The summed E-state index contributed by atoms with van der Waals surface area (Å²) >= 11 is 0. The fourth-order valence-electron chi connectivity index (χ4n) is 2.78. The number of nitrogens with zero attached hydrogens (tertiary/aromatic N) is 2. The van der Waals surface area contributed by atoms with E-state index < -0.39 is 0 Å². The fourth-order valence-corrected chi connectivity index (χ4v) is 2.78. The van der Waals surface area contributed by atoms with Crippen molar-refractivity contribution in [3.63, 3.8) is 0 Å². The third kappa shape index (κ3) is 44.2. The first-order valence-corrected chi connectivity index (χ1v) is 12.9. The van der Waals surface area contributed by atoms with Crippen molar-refractivity contribution in [3.8, 4) is 12.1 Å². The Morgan fingerprint density at radius 3 is 1.42 bits per heavy atom. The van der Waals surface area contributed by atoms with Crippen LogP contribution in [0.15, 0.2) is 38.0 Å². The van der Waals surface area contributed by atoms with E-state index in [1.54, 1.807) is 0 Å². The maximum Gasteiger partial charge on any atom is 0.330 e. The van der Waals surface area contributed by atoms with Gasteiger partial charge in [0.15, 0.2) is 0 Å². The molecule has 0 radical (unpaired) electrons. The van der Waals surface area contributed by atoms with Crippen LogP contribution in [0.2, 0.25) is 0 Å². The SMILES string of the molecule is C=CC(=O)OCCCC.C=CCCCCCCCCC#N.C=CCCCCCCCCC#N. The van der Waals surface area contributed by atoms with Crippen LogP contribution in [-0.4, -0.2) is 12.6 Å². The lowest BCUT2D eigenvalue weighted by Crippen LogP contribution is -2.00. The minimum absolute atomic E-state index is 0.330. The zero-order valence-electron chi connectivity index (χ0n) is 21.5. The summed E-state index contributed by atoms with van der Waals surface area (Å²) in [6, 6.07) is 4.33. The number of carbonyl (C=O) groups is 1. The number of unbranched alkanes of at least 4 members (excludes halogenated alkanes) is 15. The maximum absolute atomic E-state index is 10.3. The van der Waals surface area contributed by atoms with Crippen LogP contribution < -0.4 is 0 Å². The zero-order chi connectivity index (χ0) is 25.3. The molecule has 0 heterocycles. The molecule has 0 fully saturated rings. The van der Waals surface area contributed by atoms with Gasteiger partial charge in [-0.05, 0) is 44.9 Å². The minimum Gasteiger partial charge on any atom is -0.463 e. The third-order valence-electron chi connectivity index (χ3n) is 4.80. The van der Waals surface area contributed by atoms with Gasteiger partial charge in [0.2, 0.25) is 0 Å². The number of esters is 1. The van der Waals surface area contributed by atoms with Gasteiger partial charge in [-0.3, -0.25) is 0 Å². The van der Waals surface area contributed by atoms with Crippen LogP contribution in [0.3, 0.4) is 0 Å². The maximum atomic E-state index is 10.3. The third-order valence-corrected chi connectivity index (χ3v) is 4.80. The highest BCUT2D eigenvalue weighted by atomic mass is 16.5. The van der Waals surface area contributed by atoms with Gasteiger partial charge in [0, 0.05) is 18.9 Å². The van der Waals surface area contributed by atoms with Crippen molar-refractivity contribution < 1.29 is 9.53 Å². The number of hydrogen-bond acceptors (Lipinski definition) is 4. The van der Waals surface area contributed by atoms with Crippen LogP contribution in [0.1, 0.15) is 122 Å². The van der Waals surface area contributed by atoms with Gasteiger partial charge < -0.3 is 4.74 Å². The molecule has 33 heavy (non-hydrogen) atoms. The quantitative estimate of drug-likeness (QED) is 0.0788. The van der Waals surface area contributed by atoms with Crippen molar-refractivity contribution in [1.82, 2.24) is 0 Å². The van der Waals surface area contributed by atoms with Crippen molar-refractivity contribution >= 4 is 5.97 Å². The molecule has 0 aliphatic rings. The first-order valence-electron chi connectivity index (χ1n) is 12.9. The second-order valence-corrected chi connectivity index (χ2v) is 7.94. The van der Waals surface area contributed by atoms with E-state index in [1.807, 2.05) is 19.1 Å². The van der Waals surface area contributed by atoms with Gasteiger partial charge in [0.25, 0.3) is 0 Å². The summed E-state index contributed by atoms with van der Waals surface area (Å²) in [5.74, 6) is -0.330. The fraction of sp³-hybridized carbons (Fsp3) is 0.690. The molecule has 0 aromatic carbocycles. The van der Waals surface area contributed by atoms with Gasteiger partial charge in [-0.2, -0.15) is 10.5 Å². The number of allylic oxidation sites excluding steroid dienone is 2. The van der Waals surface area contributed by atoms with Crippen LogP contribution in [0.4, 0.5) is 0 Å². The van der Waals surface area contributed by atoms with Gasteiger partial charge in [-0.1, -0.05) is 83.4 Å². The first kappa shape index (κ1) is 35.3. The summed E-state index contributed by atoms with van der Waals surface area (Å²) in [5.41, 5.74) is 0. The topological polar surface area (TPSA) is 73.9 Å². The summed E-state index contributed by atoms with van der Waals surface area (Å²) in [4.78, 5) is 10.3. The minimum atomic E-state index is -0.330. The summed E-state index contributed by atoms with van der Waals surface area (Å²) in [6.45, 7) is 13.2. The highest BCUT2D eigenvalue weighted by molar-refractivity contribution is 5.81. The summed E-state index contributed by atoms with van der Waals surface area (Å²) in [6.07, 6.45) is 25.9. The first-order chi connectivity index (χ1) is 16.1. The number of rotatable bonds is 20. The molecular weight excluding hydrogens is 408 g/mol. The predicted molar refractivity (Wildman–Crippen MR) is 142 cm³/mol. The van der Waals surface area contributed by atoms with E-state index in [0.717, 1.165) is 51.4 Å². The molecule has 188 valence electrons. The molecule has 0 unspecified atom stereocenters. The Hall–Kier alpha value is -2.33. The van der Waals surface area contributed by atoms with Gasteiger partial charge >= 0.3 is 5.97 Å². The van der Waals surface area contributed by atoms with E-state index in [-0.39, 0.29) is 5.97 Å². The van der Waals surface area contributed by atoms with Gasteiger partial charge in [-0.25, -0.2) is 4.79 Å². The molecule has 0 bridgehead atoms. The lowest BCUT2D eigenvalue weighted by molar-refractivity contribution is -0.137. The Kier molecular flexibility index (Phi) is 39.5. The Labute approximate surface area is 205 Å².